The highest BCUT2D eigenvalue weighted by Gasteiger charge is 2.30. The van der Waals surface area contributed by atoms with Crippen LogP contribution in [0.25, 0.3) is 0 Å². The topological polar surface area (TPSA) is 41.9 Å². The molecule has 3 aromatic rings. The summed E-state index contributed by atoms with van der Waals surface area (Å²) in [4.78, 5) is 19.5. The maximum absolute atomic E-state index is 12.7. The molecule has 0 saturated heterocycles. The summed E-state index contributed by atoms with van der Waals surface area (Å²) in [6.45, 7) is 1.61. The van der Waals surface area contributed by atoms with Crippen molar-refractivity contribution in [3.63, 3.8) is 0 Å². The van der Waals surface area contributed by atoms with E-state index < -0.39 is 0 Å². The van der Waals surface area contributed by atoms with E-state index in [1.807, 2.05) is 71.6 Å². The number of methoxy groups -OCH3 is 1. The summed E-state index contributed by atoms with van der Waals surface area (Å²) in [5, 5.41) is 0. The van der Waals surface area contributed by atoms with Crippen molar-refractivity contribution >= 4 is 23.0 Å². The number of hydrogen-bond donors (Lipinski definition) is 0. The average molecular weight is 370 g/mol. The van der Waals surface area contributed by atoms with Crippen molar-refractivity contribution in [3.05, 3.63) is 90.0 Å². The molecule has 4 rings (SSSR count). The van der Waals surface area contributed by atoms with Crippen molar-refractivity contribution in [1.82, 2.24) is 0 Å². The normalized spacial score (nSPS) is 16.0. The minimum absolute atomic E-state index is 0.00206. The molecule has 0 bridgehead atoms. The zero-order valence-electron chi connectivity index (χ0n) is 16.0. The van der Waals surface area contributed by atoms with Crippen LogP contribution >= 0.6 is 0 Å². The SMILES string of the molecule is COc1ccc(C2CC(c3ccccc3)=Nc3ccccc3N2C(C)=O)cc1. The van der Waals surface area contributed by atoms with Gasteiger partial charge in [-0.05, 0) is 35.4 Å². The molecular weight excluding hydrogens is 348 g/mol. The number of aliphatic imine (C=N–C) groups is 1. The lowest BCUT2D eigenvalue weighted by atomic mass is 9.95. The molecule has 4 nitrogen and oxygen atoms in total. The summed E-state index contributed by atoms with van der Waals surface area (Å²) in [6.07, 6.45) is 0.630. The number of carbonyl (C=O) groups is 1. The highest BCUT2D eigenvalue weighted by molar-refractivity contribution is 6.07. The first kappa shape index (κ1) is 18.0. The third kappa shape index (κ3) is 3.41. The van der Waals surface area contributed by atoms with Gasteiger partial charge in [0, 0.05) is 13.3 Å². The Hall–Kier alpha value is -3.40. The van der Waals surface area contributed by atoms with Gasteiger partial charge in [0.2, 0.25) is 5.91 Å². The van der Waals surface area contributed by atoms with Crippen LogP contribution in [0, 0.1) is 0 Å². The van der Waals surface area contributed by atoms with Gasteiger partial charge in [0.05, 0.1) is 30.2 Å². The predicted molar refractivity (Wildman–Crippen MR) is 113 cm³/mol. The van der Waals surface area contributed by atoms with Crippen molar-refractivity contribution in [2.24, 2.45) is 4.99 Å². The lowest BCUT2D eigenvalue weighted by Crippen LogP contribution is -2.33. The minimum atomic E-state index is -0.147. The van der Waals surface area contributed by atoms with E-state index in [4.69, 9.17) is 9.73 Å². The largest absolute Gasteiger partial charge is 0.497 e. The van der Waals surface area contributed by atoms with E-state index in [9.17, 15) is 4.79 Å². The van der Waals surface area contributed by atoms with Gasteiger partial charge < -0.3 is 9.64 Å². The number of para-hydroxylation sites is 2. The van der Waals surface area contributed by atoms with Crippen LogP contribution in [0.1, 0.15) is 30.5 Å². The number of fused-ring (bicyclic) bond motifs is 1. The molecule has 140 valence electrons. The van der Waals surface area contributed by atoms with Crippen molar-refractivity contribution in [3.8, 4) is 5.75 Å². The monoisotopic (exact) mass is 370 g/mol. The Morgan fingerprint density at radius 2 is 1.64 bits per heavy atom. The first-order valence-electron chi connectivity index (χ1n) is 9.33. The molecule has 1 atom stereocenters. The number of nitrogens with zero attached hydrogens (tertiary/aromatic N) is 2. The second-order valence-corrected chi connectivity index (χ2v) is 6.80. The van der Waals surface area contributed by atoms with Gasteiger partial charge in [0.15, 0.2) is 0 Å². The Morgan fingerprint density at radius 3 is 2.32 bits per heavy atom. The molecule has 1 aliphatic rings. The fourth-order valence-electron chi connectivity index (χ4n) is 3.69. The highest BCUT2D eigenvalue weighted by atomic mass is 16.5. The Labute approximate surface area is 165 Å². The number of carbonyl (C=O) groups excluding carboxylic acids is 1. The number of anilines is 1. The van der Waals surface area contributed by atoms with Gasteiger partial charge in [0.25, 0.3) is 0 Å². The summed E-state index contributed by atoms with van der Waals surface area (Å²) in [5.74, 6) is 0.793. The van der Waals surface area contributed by atoms with Crippen molar-refractivity contribution in [2.45, 2.75) is 19.4 Å². The van der Waals surface area contributed by atoms with Gasteiger partial charge in [-0.25, -0.2) is 0 Å². The van der Waals surface area contributed by atoms with Crippen LogP contribution in [0.5, 0.6) is 5.75 Å². The van der Waals surface area contributed by atoms with Gasteiger partial charge in [-0.1, -0.05) is 54.6 Å². The molecule has 0 saturated carbocycles. The second-order valence-electron chi connectivity index (χ2n) is 6.80. The number of amides is 1. The third-order valence-corrected chi connectivity index (χ3v) is 5.04. The van der Waals surface area contributed by atoms with E-state index in [0.29, 0.717) is 6.42 Å². The van der Waals surface area contributed by atoms with Crippen LogP contribution in [0.4, 0.5) is 11.4 Å². The Morgan fingerprint density at radius 1 is 0.964 bits per heavy atom. The quantitative estimate of drug-likeness (QED) is 0.627. The van der Waals surface area contributed by atoms with Crippen LogP contribution in [0.3, 0.4) is 0 Å². The molecule has 0 spiro atoms. The van der Waals surface area contributed by atoms with E-state index in [0.717, 1.165) is 34.0 Å². The second kappa shape index (κ2) is 7.69. The zero-order chi connectivity index (χ0) is 19.5. The van der Waals surface area contributed by atoms with Gasteiger partial charge in [-0.2, -0.15) is 0 Å². The molecule has 4 heteroatoms. The van der Waals surface area contributed by atoms with Crippen LogP contribution < -0.4 is 9.64 Å². The number of benzene rings is 3. The molecule has 0 aliphatic carbocycles. The van der Waals surface area contributed by atoms with E-state index in [-0.39, 0.29) is 11.9 Å². The summed E-state index contributed by atoms with van der Waals surface area (Å²) in [6, 6.07) is 25.8. The van der Waals surface area contributed by atoms with Gasteiger partial charge in [-0.3, -0.25) is 9.79 Å². The minimum Gasteiger partial charge on any atom is -0.497 e. The average Bonchev–Trinajstić information content (AvgIpc) is 2.91. The van der Waals surface area contributed by atoms with Crippen molar-refractivity contribution in [2.75, 3.05) is 12.0 Å². The molecule has 0 aromatic heterocycles. The van der Waals surface area contributed by atoms with Gasteiger partial charge >= 0.3 is 0 Å². The van der Waals surface area contributed by atoms with E-state index in [1.54, 1.807) is 14.0 Å². The first-order chi connectivity index (χ1) is 13.7. The summed E-state index contributed by atoms with van der Waals surface area (Å²) >= 11 is 0. The zero-order valence-corrected chi connectivity index (χ0v) is 16.0. The summed E-state index contributed by atoms with van der Waals surface area (Å²) in [5.41, 5.74) is 4.74. The van der Waals surface area contributed by atoms with Gasteiger partial charge in [0.1, 0.15) is 5.75 Å². The molecule has 0 radical (unpaired) electrons. The standard InChI is InChI=1S/C24H22N2O2/c1-17(27)26-23-11-7-6-10-21(23)25-22(18-8-4-3-5-9-18)16-24(26)19-12-14-20(28-2)15-13-19/h3-15,24H,16H2,1-2H3. The molecule has 3 aromatic carbocycles. The Bertz CT molecular complexity index is 1010. The van der Waals surface area contributed by atoms with Crippen molar-refractivity contribution < 1.29 is 9.53 Å². The molecule has 1 heterocycles. The maximum atomic E-state index is 12.7. The van der Waals surface area contributed by atoms with Gasteiger partial charge in [-0.15, -0.1) is 0 Å². The number of ether oxygens (including phenoxy) is 1. The maximum Gasteiger partial charge on any atom is 0.224 e. The van der Waals surface area contributed by atoms with E-state index in [1.165, 1.54) is 0 Å². The van der Waals surface area contributed by atoms with Crippen LogP contribution in [0.15, 0.2) is 83.9 Å². The van der Waals surface area contributed by atoms with E-state index in [2.05, 4.69) is 12.1 Å². The molecule has 1 aliphatic heterocycles. The molecule has 0 N–H and O–H groups in total. The smallest absolute Gasteiger partial charge is 0.224 e. The molecule has 1 amide bonds. The summed E-state index contributed by atoms with van der Waals surface area (Å²) < 4.78 is 5.30. The lowest BCUT2D eigenvalue weighted by Gasteiger charge is -2.30. The lowest BCUT2D eigenvalue weighted by molar-refractivity contribution is -0.117. The molecule has 1 unspecified atom stereocenters. The number of hydrogen-bond acceptors (Lipinski definition) is 3. The Balaban J connectivity index is 1.87. The van der Waals surface area contributed by atoms with Crippen LogP contribution in [-0.4, -0.2) is 18.7 Å². The van der Waals surface area contributed by atoms with Crippen molar-refractivity contribution in [1.29, 1.82) is 0 Å². The molecular formula is C24H22N2O2. The highest BCUT2D eigenvalue weighted by Crippen LogP contribution is 2.40. The summed E-state index contributed by atoms with van der Waals surface area (Å²) in [7, 11) is 1.65. The Kier molecular flexibility index (Phi) is 4.94. The van der Waals surface area contributed by atoms with Crippen LogP contribution in [-0.2, 0) is 4.79 Å². The molecule has 28 heavy (non-hydrogen) atoms. The fraction of sp³-hybridized carbons (Fsp3) is 0.167. The van der Waals surface area contributed by atoms with Crippen LogP contribution in [0.2, 0.25) is 0 Å². The van der Waals surface area contributed by atoms with E-state index >= 15 is 0 Å². The first-order valence-corrected chi connectivity index (χ1v) is 9.33. The third-order valence-electron chi connectivity index (χ3n) is 5.04. The number of rotatable bonds is 3. The predicted octanol–water partition coefficient (Wildman–Crippen LogP) is 5.31. The molecule has 0 fully saturated rings. The fourth-order valence-corrected chi connectivity index (χ4v) is 3.69.